The lowest BCUT2D eigenvalue weighted by atomic mass is 10.1. The molecule has 0 radical (unpaired) electrons. The highest BCUT2D eigenvalue weighted by Crippen LogP contribution is 2.41. The van der Waals surface area contributed by atoms with Crippen LogP contribution in [-0.4, -0.2) is 29.1 Å². The molecule has 1 fully saturated rings. The fraction of sp³-hybridized carbons (Fsp3) is 0.190. The maximum absolute atomic E-state index is 12.4. The van der Waals surface area contributed by atoms with Gasteiger partial charge in [-0.3, -0.25) is 19.7 Å². The highest BCUT2D eigenvalue weighted by Gasteiger charge is 2.29. The number of nitrogens with zero attached hydrogens (tertiary/aromatic N) is 2. The molecule has 0 saturated carbocycles. The van der Waals surface area contributed by atoms with Crippen molar-refractivity contribution in [2.45, 2.75) is 20.8 Å². The molecule has 160 valence electrons. The predicted molar refractivity (Wildman–Crippen MR) is 118 cm³/mol. The number of rotatable bonds is 5. The van der Waals surface area contributed by atoms with Crippen LogP contribution in [0.25, 0.3) is 6.08 Å². The summed E-state index contributed by atoms with van der Waals surface area (Å²) in [7, 11) is 1.23. The second-order valence-electron chi connectivity index (χ2n) is 6.66. The van der Waals surface area contributed by atoms with Gasteiger partial charge in [-0.25, -0.2) is 4.99 Å². The third kappa shape index (κ3) is 4.92. The minimum atomic E-state index is -0.652. The maximum Gasteiger partial charge on any atom is 0.322 e. The predicted octanol–water partition coefficient (Wildman–Crippen LogP) is 4.04. The lowest BCUT2D eigenvalue weighted by Gasteiger charge is -2.10. The van der Waals surface area contributed by atoms with Crippen molar-refractivity contribution in [3.63, 3.8) is 0 Å². The number of amidine groups is 1. The van der Waals surface area contributed by atoms with E-state index >= 15 is 0 Å². The van der Waals surface area contributed by atoms with Crippen molar-refractivity contribution >= 4 is 46.3 Å². The molecule has 0 atom stereocenters. The quantitative estimate of drug-likeness (QED) is 0.244. The number of aryl methyl sites for hydroxylation is 2. The molecule has 0 unspecified atom stereocenters. The maximum atomic E-state index is 12.4. The Morgan fingerprint density at radius 3 is 2.65 bits per heavy atom. The summed E-state index contributed by atoms with van der Waals surface area (Å²) in [5.41, 5.74) is 2.42. The first-order valence-electron chi connectivity index (χ1n) is 9.10. The molecule has 0 aromatic heterocycles. The fourth-order valence-corrected chi connectivity index (χ4v) is 3.70. The summed E-state index contributed by atoms with van der Waals surface area (Å²) in [6, 6.07) is 8.58. The summed E-state index contributed by atoms with van der Waals surface area (Å²) in [4.78, 5) is 39.5. The number of carbonyl (C=O) groups excluding carboxylic acids is 2. The number of hydrogen-bond donors (Lipinski definition) is 1. The summed E-state index contributed by atoms with van der Waals surface area (Å²) in [6.07, 6.45) is 1.38. The van der Waals surface area contributed by atoms with Gasteiger partial charge >= 0.3 is 11.7 Å². The normalized spacial score (nSPS) is 15.8. The zero-order valence-corrected chi connectivity index (χ0v) is 18.0. The Hall–Kier alpha value is -3.66. The number of ether oxygens (including phenoxy) is 2. The Bertz CT molecular complexity index is 1160. The first kappa shape index (κ1) is 22.0. The van der Waals surface area contributed by atoms with Crippen molar-refractivity contribution in [1.29, 1.82) is 0 Å². The molecule has 1 aliphatic rings. The van der Waals surface area contributed by atoms with Crippen LogP contribution in [0.2, 0.25) is 0 Å². The van der Waals surface area contributed by atoms with E-state index in [-0.39, 0.29) is 22.0 Å². The van der Waals surface area contributed by atoms with Crippen LogP contribution in [0.4, 0.5) is 11.4 Å². The zero-order chi connectivity index (χ0) is 22.7. The fourth-order valence-electron chi connectivity index (χ4n) is 2.88. The van der Waals surface area contributed by atoms with Crippen LogP contribution >= 0.6 is 11.8 Å². The monoisotopic (exact) mass is 441 g/mol. The molecule has 0 aliphatic carbocycles. The van der Waals surface area contributed by atoms with Crippen LogP contribution in [0.3, 0.4) is 0 Å². The second-order valence-corrected chi connectivity index (χ2v) is 7.69. The molecule has 1 heterocycles. The van der Waals surface area contributed by atoms with Gasteiger partial charge in [0.25, 0.3) is 5.91 Å². The summed E-state index contributed by atoms with van der Waals surface area (Å²) in [5.74, 6) is -1.35. The molecule has 0 bridgehead atoms. The van der Waals surface area contributed by atoms with E-state index in [1.54, 1.807) is 0 Å². The van der Waals surface area contributed by atoms with Gasteiger partial charge in [0.15, 0.2) is 10.9 Å². The Labute approximate surface area is 182 Å². The zero-order valence-electron chi connectivity index (χ0n) is 17.2. The van der Waals surface area contributed by atoms with Crippen LogP contribution in [0.5, 0.6) is 11.5 Å². The molecule has 2 aromatic carbocycles. The smallest absolute Gasteiger partial charge is 0.322 e. The lowest BCUT2D eigenvalue weighted by molar-refractivity contribution is -0.386. The molecule has 1 saturated heterocycles. The van der Waals surface area contributed by atoms with Gasteiger partial charge in [0.2, 0.25) is 5.75 Å². The van der Waals surface area contributed by atoms with Crippen molar-refractivity contribution in [2.75, 3.05) is 7.11 Å². The molecule has 3 rings (SSSR count). The summed E-state index contributed by atoms with van der Waals surface area (Å²) in [6.45, 7) is 5.04. The molecule has 31 heavy (non-hydrogen) atoms. The number of hydrogen-bond acceptors (Lipinski definition) is 8. The van der Waals surface area contributed by atoms with Crippen molar-refractivity contribution in [1.82, 2.24) is 5.32 Å². The minimum absolute atomic E-state index is 0.0791. The minimum Gasteiger partial charge on any atom is -0.488 e. The van der Waals surface area contributed by atoms with Crippen molar-refractivity contribution in [2.24, 2.45) is 4.99 Å². The molecule has 2 aromatic rings. The summed E-state index contributed by atoms with van der Waals surface area (Å²) >= 11 is 1.07. The van der Waals surface area contributed by atoms with Crippen LogP contribution in [0, 0.1) is 24.0 Å². The number of nitro benzene ring substituents is 1. The van der Waals surface area contributed by atoms with Gasteiger partial charge in [-0.1, -0.05) is 12.1 Å². The molecule has 1 amide bonds. The van der Waals surface area contributed by atoms with Crippen LogP contribution in [0.15, 0.2) is 40.2 Å². The first-order valence-corrected chi connectivity index (χ1v) is 9.92. The van der Waals surface area contributed by atoms with Crippen LogP contribution in [-0.2, 0) is 9.59 Å². The van der Waals surface area contributed by atoms with E-state index < -0.39 is 22.5 Å². The molecular weight excluding hydrogens is 422 g/mol. The lowest BCUT2D eigenvalue weighted by Crippen LogP contribution is -2.19. The van der Waals surface area contributed by atoms with E-state index in [2.05, 4.69) is 10.3 Å². The molecule has 0 spiro atoms. The van der Waals surface area contributed by atoms with E-state index in [9.17, 15) is 19.7 Å². The third-order valence-electron chi connectivity index (χ3n) is 4.29. The number of amides is 1. The largest absolute Gasteiger partial charge is 0.488 e. The second kappa shape index (κ2) is 9.00. The number of esters is 1. The van der Waals surface area contributed by atoms with Gasteiger partial charge in [0.1, 0.15) is 0 Å². The average Bonchev–Trinajstić information content (AvgIpc) is 3.03. The Morgan fingerprint density at radius 1 is 1.26 bits per heavy atom. The van der Waals surface area contributed by atoms with Crippen LogP contribution in [0.1, 0.15) is 23.6 Å². The molecular formula is C21H19N3O6S. The van der Waals surface area contributed by atoms with Crippen LogP contribution < -0.4 is 14.8 Å². The van der Waals surface area contributed by atoms with Gasteiger partial charge < -0.3 is 14.8 Å². The SMILES string of the molecule is COc1c(OC(C)=O)ccc(/C=C2\SC(=Nc3cc(C)ccc3C)NC2=O)c1[N+](=O)[O-]. The number of aliphatic imine (C=N–C) groups is 1. The first-order chi connectivity index (χ1) is 14.7. The molecule has 10 heteroatoms. The van der Waals surface area contributed by atoms with Gasteiger partial charge in [0, 0.05) is 6.92 Å². The number of nitrogens with one attached hydrogen (secondary N) is 1. The van der Waals surface area contributed by atoms with Gasteiger partial charge in [-0.2, -0.15) is 0 Å². The van der Waals surface area contributed by atoms with E-state index in [0.29, 0.717) is 5.17 Å². The number of benzene rings is 2. The van der Waals surface area contributed by atoms with Crippen molar-refractivity contribution in [3.05, 3.63) is 62.0 Å². The molecule has 1 N–H and O–H groups in total. The Balaban J connectivity index is 2.00. The highest BCUT2D eigenvalue weighted by molar-refractivity contribution is 8.18. The van der Waals surface area contributed by atoms with E-state index in [1.807, 2.05) is 32.0 Å². The Kier molecular flexibility index (Phi) is 6.40. The number of thioether (sulfide) groups is 1. The summed E-state index contributed by atoms with van der Waals surface area (Å²) in [5, 5.41) is 14.7. The van der Waals surface area contributed by atoms with Crippen molar-refractivity contribution < 1.29 is 24.0 Å². The van der Waals surface area contributed by atoms with Crippen molar-refractivity contribution in [3.8, 4) is 11.5 Å². The van der Waals surface area contributed by atoms with Gasteiger partial charge in [0.05, 0.1) is 28.2 Å². The molecule has 1 aliphatic heterocycles. The Morgan fingerprint density at radius 2 is 2.00 bits per heavy atom. The third-order valence-corrected chi connectivity index (χ3v) is 5.20. The van der Waals surface area contributed by atoms with Gasteiger partial charge in [-0.05, 0) is 61.0 Å². The van der Waals surface area contributed by atoms with E-state index in [1.165, 1.54) is 32.2 Å². The van der Waals surface area contributed by atoms with E-state index in [0.717, 1.165) is 28.6 Å². The van der Waals surface area contributed by atoms with Gasteiger partial charge in [-0.15, -0.1) is 0 Å². The highest BCUT2D eigenvalue weighted by atomic mass is 32.2. The average molecular weight is 441 g/mol. The van der Waals surface area contributed by atoms with E-state index in [4.69, 9.17) is 9.47 Å². The number of carbonyl (C=O) groups is 2. The number of nitro groups is 1. The number of methoxy groups -OCH3 is 1. The topological polar surface area (TPSA) is 120 Å². The standard InChI is InChI=1S/C21H19N3O6S/c1-11-5-6-12(2)15(9-11)22-21-23-20(26)17(31-21)10-14-7-8-16(30-13(3)25)19(29-4)18(14)24(27)28/h5-10H,1-4H3,(H,22,23,26)/b17-10-. The summed E-state index contributed by atoms with van der Waals surface area (Å²) < 4.78 is 10.1. The molecule has 9 nitrogen and oxygen atoms in total.